The summed E-state index contributed by atoms with van der Waals surface area (Å²) in [6.45, 7) is 5.76. The minimum atomic E-state index is -4.36. The smallest absolute Gasteiger partial charge is 0.330 e. The summed E-state index contributed by atoms with van der Waals surface area (Å²) in [5.41, 5.74) is -3.33. The van der Waals surface area contributed by atoms with Gasteiger partial charge in [-0.1, -0.05) is 60.5 Å². The molecule has 2 aromatic carbocycles. The second-order valence-electron chi connectivity index (χ2n) is 9.79. The fraction of sp³-hybridized carbons (Fsp3) is 0.444. The van der Waals surface area contributed by atoms with Crippen LogP contribution in [0.1, 0.15) is 55.7 Å². The molecule has 2 aliphatic rings. The van der Waals surface area contributed by atoms with Gasteiger partial charge in [0.25, 0.3) is 0 Å². The Morgan fingerprint density at radius 1 is 1.14 bits per heavy atom. The fourth-order valence-electron chi connectivity index (χ4n) is 5.36. The van der Waals surface area contributed by atoms with E-state index in [9.17, 15) is 18.0 Å². The van der Waals surface area contributed by atoms with Gasteiger partial charge in [0.05, 0.1) is 11.5 Å². The first kappa shape index (κ1) is 26.4. The highest BCUT2D eigenvalue weighted by Gasteiger charge is 2.53. The standard InChI is InChI=1S/C27H28Cl2F3NOS/c1-3-13-26(2)15-22(19-5-4-6-21(29)14-19)24(18-9-11-20(28)12-10-18)33(25(26)34)23(17-7-8-17)16-35-27(30,31)32/h3-6,9-12,14,17,22-24H,1,7-8,13,15-16H2,2H3/t22-,23?,24-,26+/m1/s1. The molecule has 0 N–H and O–H groups in total. The molecule has 35 heavy (non-hydrogen) atoms. The first-order valence-corrected chi connectivity index (χ1v) is 13.4. The molecule has 1 heterocycles. The average molecular weight is 542 g/mol. The van der Waals surface area contributed by atoms with Gasteiger partial charge in [-0.05, 0) is 78.8 Å². The van der Waals surface area contributed by atoms with E-state index in [2.05, 4.69) is 6.58 Å². The van der Waals surface area contributed by atoms with Crippen molar-refractivity contribution in [3.05, 3.63) is 82.4 Å². The quantitative estimate of drug-likeness (QED) is 0.311. The van der Waals surface area contributed by atoms with Gasteiger partial charge in [0, 0.05) is 27.8 Å². The van der Waals surface area contributed by atoms with E-state index in [0.717, 1.165) is 24.0 Å². The molecule has 1 unspecified atom stereocenters. The number of amides is 1. The summed E-state index contributed by atoms with van der Waals surface area (Å²) >= 11 is 12.5. The number of hydrogen-bond donors (Lipinski definition) is 0. The Bertz CT molecular complexity index is 1070. The normalized spacial score (nSPS) is 26.0. The second kappa shape index (κ2) is 10.4. The third-order valence-corrected chi connectivity index (χ3v) is 8.45. The van der Waals surface area contributed by atoms with Crippen molar-refractivity contribution in [2.75, 3.05) is 5.75 Å². The summed E-state index contributed by atoms with van der Waals surface area (Å²) < 4.78 is 39.9. The molecule has 4 atom stereocenters. The van der Waals surface area contributed by atoms with Gasteiger partial charge < -0.3 is 4.90 Å². The van der Waals surface area contributed by atoms with Gasteiger partial charge in [0.1, 0.15) is 0 Å². The van der Waals surface area contributed by atoms with E-state index in [1.54, 1.807) is 29.2 Å². The molecule has 0 bridgehead atoms. The highest BCUT2D eigenvalue weighted by molar-refractivity contribution is 8.00. The van der Waals surface area contributed by atoms with Crippen LogP contribution in [0.2, 0.25) is 10.0 Å². The number of likely N-dealkylation sites (tertiary alicyclic amines) is 1. The predicted octanol–water partition coefficient (Wildman–Crippen LogP) is 8.66. The fourth-order valence-corrected chi connectivity index (χ4v) is 6.47. The maximum absolute atomic E-state index is 14.2. The highest BCUT2D eigenvalue weighted by Crippen LogP contribution is 2.54. The number of alkyl halides is 3. The summed E-state index contributed by atoms with van der Waals surface area (Å²) in [5.74, 6) is -0.407. The molecule has 1 aliphatic carbocycles. The molecule has 1 aliphatic heterocycles. The molecule has 0 aromatic heterocycles. The van der Waals surface area contributed by atoms with Crippen LogP contribution in [-0.4, -0.2) is 28.1 Å². The lowest BCUT2D eigenvalue weighted by atomic mass is 9.67. The molecule has 2 fully saturated rings. The van der Waals surface area contributed by atoms with E-state index in [4.69, 9.17) is 23.2 Å². The van der Waals surface area contributed by atoms with Crippen molar-refractivity contribution in [3.8, 4) is 0 Å². The molecule has 1 saturated carbocycles. The molecular formula is C27H28Cl2F3NOS. The average Bonchev–Trinajstić information content (AvgIpc) is 3.62. The van der Waals surface area contributed by atoms with Crippen molar-refractivity contribution in [1.82, 2.24) is 4.90 Å². The number of rotatable bonds is 8. The van der Waals surface area contributed by atoms with Crippen molar-refractivity contribution in [2.45, 2.75) is 56.1 Å². The van der Waals surface area contributed by atoms with Gasteiger partial charge in [-0.3, -0.25) is 4.79 Å². The number of allylic oxidation sites excluding steroid dienone is 1. The molecule has 8 heteroatoms. The van der Waals surface area contributed by atoms with E-state index >= 15 is 0 Å². The largest absolute Gasteiger partial charge is 0.441 e. The van der Waals surface area contributed by atoms with Gasteiger partial charge in [-0.2, -0.15) is 13.2 Å². The van der Waals surface area contributed by atoms with E-state index in [-0.39, 0.29) is 35.3 Å². The molecular weight excluding hydrogens is 514 g/mol. The number of carbonyl (C=O) groups is 1. The molecule has 2 nitrogen and oxygen atoms in total. The minimum absolute atomic E-state index is 0.0379. The van der Waals surface area contributed by atoms with E-state index < -0.39 is 23.0 Å². The number of thioether (sulfide) groups is 1. The molecule has 1 amide bonds. The van der Waals surface area contributed by atoms with Crippen molar-refractivity contribution in [1.29, 1.82) is 0 Å². The van der Waals surface area contributed by atoms with Gasteiger partial charge in [-0.25, -0.2) is 0 Å². The van der Waals surface area contributed by atoms with Crippen molar-refractivity contribution in [2.24, 2.45) is 11.3 Å². The molecule has 0 radical (unpaired) electrons. The number of hydrogen-bond acceptors (Lipinski definition) is 2. The molecule has 0 spiro atoms. The molecule has 4 rings (SSSR count). The van der Waals surface area contributed by atoms with E-state index in [1.165, 1.54) is 0 Å². The van der Waals surface area contributed by atoms with Crippen molar-refractivity contribution in [3.63, 3.8) is 0 Å². The Hall–Kier alpha value is -1.63. The van der Waals surface area contributed by atoms with Crippen LogP contribution in [0.3, 0.4) is 0 Å². The van der Waals surface area contributed by atoms with Crippen LogP contribution in [0, 0.1) is 11.3 Å². The lowest BCUT2D eigenvalue weighted by molar-refractivity contribution is -0.154. The van der Waals surface area contributed by atoms with E-state index in [1.807, 2.05) is 37.3 Å². The van der Waals surface area contributed by atoms with Gasteiger partial charge >= 0.3 is 5.51 Å². The highest BCUT2D eigenvalue weighted by atomic mass is 35.5. The minimum Gasteiger partial charge on any atom is -0.330 e. The SMILES string of the molecule is C=CC[C@@]1(C)C[C@H](c2cccc(Cl)c2)[C@@H](c2ccc(Cl)cc2)N(C(CSC(F)(F)F)C2CC2)C1=O. The van der Waals surface area contributed by atoms with Crippen LogP contribution in [0.4, 0.5) is 13.2 Å². The zero-order chi connectivity index (χ0) is 25.4. The first-order valence-electron chi connectivity index (χ1n) is 11.7. The van der Waals surface area contributed by atoms with Gasteiger partial charge in [0.15, 0.2) is 0 Å². The Labute approximate surface area is 218 Å². The predicted molar refractivity (Wildman–Crippen MR) is 138 cm³/mol. The zero-order valence-electron chi connectivity index (χ0n) is 19.4. The third kappa shape index (κ3) is 6.03. The second-order valence-corrected chi connectivity index (χ2v) is 11.7. The Morgan fingerprint density at radius 3 is 2.40 bits per heavy atom. The maximum atomic E-state index is 14.2. The summed E-state index contributed by atoms with van der Waals surface area (Å²) in [6.07, 6.45) is 4.34. The number of benzene rings is 2. The third-order valence-electron chi connectivity index (χ3n) is 7.13. The van der Waals surface area contributed by atoms with Gasteiger partial charge in [0.2, 0.25) is 5.91 Å². The van der Waals surface area contributed by atoms with Crippen molar-refractivity contribution < 1.29 is 18.0 Å². The Balaban J connectivity index is 1.87. The number of piperidine rings is 1. The monoisotopic (exact) mass is 541 g/mol. The number of halogens is 5. The van der Waals surface area contributed by atoms with Crippen LogP contribution in [0.5, 0.6) is 0 Å². The Morgan fingerprint density at radius 2 is 1.83 bits per heavy atom. The Kier molecular flexibility index (Phi) is 7.85. The van der Waals surface area contributed by atoms with Gasteiger partial charge in [-0.15, -0.1) is 6.58 Å². The van der Waals surface area contributed by atoms with Crippen LogP contribution >= 0.6 is 35.0 Å². The molecule has 2 aromatic rings. The maximum Gasteiger partial charge on any atom is 0.441 e. The summed E-state index contributed by atoms with van der Waals surface area (Å²) in [6, 6.07) is 13.9. The van der Waals surface area contributed by atoms with Crippen molar-refractivity contribution >= 4 is 40.9 Å². The van der Waals surface area contributed by atoms with Crippen LogP contribution in [0.25, 0.3) is 0 Å². The summed E-state index contributed by atoms with van der Waals surface area (Å²) in [4.78, 5) is 15.9. The topological polar surface area (TPSA) is 20.3 Å². The molecule has 188 valence electrons. The zero-order valence-corrected chi connectivity index (χ0v) is 21.7. The summed E-state index contributed by atoms with van der Waals surface area (Å²) in [5, 5.41) is 1.14. The molecule has 1 saturated heterocycles. The number of carbonyl (C=O) groups excluding carboxylic acids is 1. The van der Waals surface area contributed by atoms with Crippen LogP contribution in [0.15, 0.2) is 61.2 Å². The lowest BCUT2D eigenvalue weighted by Crippen LogP contribution is -2.57. The van der Waals surface area contributed by atoms with Crippen LogP contribution in [-0.2, 0) is 4.79 Å². The van der Waals surface area contributed by atoms with E-state index in [0.29, 0.717) is 22.9 Å². The number of nitrogens with zero attached hydrogens (tertiary/aromatic N) is 1. The first-order chi connectivity index (χ1) is 16.5. The summed E-state index contributed by atoms with van der Waals surface area (Å²) in [7, 11) is 0. The van der Waals surface area contributed by atoms with Crippen LogP contribution < -0.4 is 0 Å². The lowest BCUT2D eigenvalue weighted by Gasteiger charge is -2.52.